The Morgan fingerprint density at radius 1 is 1.35 bits per heavy atom. The van der Waals surface area contributed by atoms with Crippen molar-refractivity contribution in [2.75, 3.05) is 18.9 Å². The van der Waals surface area contributed by atoms with Crippen LogP contribution in [0.15, 0.2) is 35.6 Å². The molecule has 20 heavy (non-hydrogen) atoms. The number of anilines is 1. The summed E-state index contributed by atoms with van der Waals surface area (Å²) < 4.78 is 28.5. The third kappa shape index (κ3) is 3.52. The molecular formula is C11H16N6O2S. The first kappa shape index (κ1) is 14.4. The fourth-order valence-electron chi connectivity index (χ4n) is 1.67. The summed E-state index contributed by atoms with van der Waals surface area (Å²) in [6, 6.07) is 3.10. The molecule has 0 unspecified atom stereocenters. The van der Waals surface area contributed by atoms with E-state index in [-0.39, 0.29) is 4.90 Å². The van der Waals surface area contributed by atoms with Gasteiger partial charge in [-0.15, -0.1) is 5.10 Å². The molecule has 2 heterocycles. The van der Waals surface area contributed by atoms with Gasteiger partial charge in [0.05, 0.1) is 6.20 Å². The third-order valence-corrected chi connectivity index (χ3v) is 4.12. The number of sulfonamides is 1. The molecule has 0 aliphatic heterocycles. The fourth-order valence-corrected chi connectivity index (χ4v) is 2.91. The number of pyridine rings is 1. The van der Waals surface area contributed by atoms with Gasteiger partial charge in [0.2, 0.25) is 10.0 Å². The van der Waals surface area contributed by atoms with Gasteiger partial charge < -0.3 is 5.32 Å². The van der Waals surface area contributed by atoms with Crippen molar-refractivity contribution in [1.82, 2.24) is 24.7 Å². The molecule has 0 aliphatic rings. The van der Waals surface area contributed by atoms with Gasteiger partial charge in [0.25, 0.3) is 0 Å². The maximum atomic E-state index is 12.1. The van der Waals surface area contributed by atoms with E-state index in [1.807, 2.05) is 0 Å². The van der Waals surface area contributed by atoms with E-state index < -0.39 is 10.0 Å². The smallest absolute Gasteiger partial charge is 0.244 e. The zero-order chi connectivity index (χ0) is 14.4. The molecule has 9 heteroatoms. The Hall–Kier alpha value is -2.00. The maximum absolute atomic E-state index is 12.1. The van der Waals surface area contributed by atoms with Crippen LogP contribution in [0.4, 0.5) is 5.82 Å². The lowest BCUT2D eigenvalue weighted by atomic mass is 10.4. The molecule has 0 atom stereocenters. The van der Waals surface area contributed by atoms with Gasteiger partial charge in [-0.1, -0.05) is 5.21 Å². The molecule has 0 saturated carbocycles. The van der Waals surface area contributed by atoms with Crippen LogP contribution < -0.4 is 10.0 Å². The number of aromatic nitrogens is 4. The molecule has 0 saturated heterocycles. The highest BCUT2D eigenvalue weighted by atomic mass is 32.2. The van der Waals surface area contributed by atoms with Gasteiger partial charge in [-0.2, -0.15) is 0 Å². The monoisotopic (exact) mass is 296 g/mol. The number of hydrogen-bond acceptors (Lipinski definition) is 6. The molecule has 2 aromatic heterocycles. The van der Waals surface area contributed by atoms with Crippen LogP contribution in [0.5, 0.6) is 0 Å². The molecule has 2 rings (SSSR count). The highest BCUT2D eigenvalue weighted by molar-refractivity contribution is 7.89. The first-order chi connectivity index (χ1) is 9.63. The van der Waals surface area contributed by atoms with E-state index in [2.05, 4.69) is 25.3 Å². The summed E-state index contributed by atoms with van der Waals surface area (Å²) in [6.07, 6.45) is 5.47. The molecule has 0 amide bonds. The Kier molecular flexibility index (Phi) is 4.64. The van der Waals surface area contributed by atoms with Gasteiger partial charge >= 0.3 is 0 Å². The van der Waals surface area contributed by atoms with Crippen molar-refractivity contribution in [3.8, 4) is 0 Å². The molecule has 8 nitrogen and oxygen atoms in total. The first-order valence-electron chi connectivity index (χ1n) is 6.10. The van der Waals surface area contributed by atoms with Crippen molar-refractivity contribution in [3.63, 3.8) is 0 Å². The van der Waals surface area contributed by atoms with E-state index in [1.165, 1.54) is 12.3 Å². The molecule has 108 valence electrons. The summed E-state index contributed by atoms with van der Waals surface area (Å²) in [5, 5.41) is 10.2. The zero-order valence-electron chi connectivity index (χ0n) is 11.0. The van der Waals surface area contributed by atoms with Crippen molar-refractivity contribution < 1.29 is 8.42 Å². The molecule has 0 aromatic carbocycles. The quantitative estimate of drug-likeness (QED) is 0.702. The summed E-state index contributed by atoms with van der Waals surface area (Å²) in [5.74, 6) is 0.330. The number of nitrogens with one attached hydrogen (secondary N) is 2. The molecule has 2 N–H and O–H groups in total. The van der Waals surface area contributed by atoms with E-state index in [1.54, 1.807) is 30.2 Å². The topological polar surface area (TPSA) is 102 Å². The van der Waals surface area contributed by atoms with Crippen LogP contribution in [-0.2, 0) is 16.6 Å². The predicted molar refractivity (Wildman–Crippen MR) is 73.6 cm³/mol. The minimum Gasteiger partial charge on any atom is -0.372 e. The lowest BCUT2D eigenvalue weighted by Gasteiger charge is -2.10. The molecule has 0 aliphatic carbocycles. The van der Waals surface area contributed by atoms with Gasteiger partial charge in [-0.25, -0.2) is 18.1 Å². The van der Waals surface area contributed by atoms with Crippen LogP contribution in [0, 0.1) is 0 Å². The standard InChI is InChI=1S/C11H16N6O2S/c1-12-11-10(4-2-5-13-11)20(18,19)15-6-3-8-17-9-7-14-16-17/h2,4-5,7,9,15H,3,6,8H2,1H3,(H,12,13). The largest absolute Gasteiger partial charge is 0.372 e. The minimum absolute atomic E-state index is 0.142. The number of hydrogen-bond donors (Lipinski definition) is 2. The second kappa shape index (κ2) is 6.44. The molecule has 0 radical (unpaired) electrons. The van der Waals surface area contributed by atoms with Gasteiger partial charge in [-0.3, -0.25) is 4.68 Å². The molecular weight excluding hydrogens is 280 g/mol. The van der Waals surface area contributed by atoms with Crippen LogP contribution in [0.25, 0.3) is 0 Å². The maximum Gasteiger partial charge on any atom is 0.244 e. The Bertz CT molecular complexity index is 641. The third-order valence-electron chi connectivity index (χ3n) is 2.63. The summed E-state index contributed by atoms with van der Waals surface area (Å²) >= 11 is 0. The summed E-state index contributed by atoms with van der Waals surface area (Å²) in [7, 11) is -1.93. The van der Waals surface area contributed by atoms with Crippen molar-refractivity contribution in [3.05, 3.63) is 30.7 Å². The number of nitrogens with zero attached hydrogens (tertiary/aromatic N) is 4. The second-order valence-electron chi connectivity index (χ2n) is 4.02. The molecule has 0 bridgehead atoms. The van der Waals surface area contributed by atoms with Crippen LogP contribution in [0.2, 0.25) is 0 Å². The lowest BCUT2D eigenvalue weighted by molar-refractivity contribution is 0.542. The Balaban J connectivity index is 1.94. The van der Waals surface area contributed by atoms with Crippen molar-refractivity contribution in [2.24, 2.45) is 0 Å². The molecule has 2 aromatic rings. The van der Waals surface area contributed by atoms with Crippen molar-refractivity contribution >= 4 is 15.8 Å². The normalized spacial score (nSPS) is 11.4. The minimum atomic E-state index is -3.56. The molecule has 0 fully saturated rings. The summed E-state index contributed by atoms with van der Waals surface area (Å²) in [5.41, 5.74) is 0. The van der Waals surface area contributed by atoms with Crippen LogP contribution in [0.1, 0.15) is 6.42 Å². The van der Waals surface area contributed by atoms with E-state index in [0.29, 0.717) is 25.3 Å². The lowest BCUT2D eigenvalue weighted by Crippen LogP contribution is -2.26. The van der Waals surface area contributed by atoms with E-state index in [0.717, 1.165) is 0 Å². The summed E-state index contributed by atoms with van der Waals surface area (Å²) in [6.45, 7) is 0.925. The Morgan fingerprint density at radius 3 is 2.90 bits per heavy atom. The van der Waals surface area contributed by atoms with Gasteiger partial charge in [0, 0.05) is 32.5 Å². The Labute approximate surface area is 117 Å². The van der Waals surface area contributed by atoms with E-state index >= 15 is 0 Å². The van der Waals surface area contributed by atoms with Crippen molar-refractivity contribution in [1.29, 1.82) is 0 Å². The van der Waals surface area contributed by atoms with E-state index in [4.69, 9.17) is 0 Å². The van der Waals surface area contributed by atoms with Gasteiger partial charge in [-0.05, 0) is 18.6 Å². The first-order valence-corrected chi connectivity index (χ1v) is 7.58. The zero-order valence-corrected chi connectivity index (χ0v) is 11.8. The van der Waals surface area contributed by atoms with Crippen molar-refractivity contribution in [2.45, 2.75) is 17.9 Å². The van der Waals surface area contributed by atoms with E-state index in [9.17, 15) is 8.42 Å². The SMILES string of the molecule is CNc1ncccc1S(=O)(=O)NCCCn1ccnn1. The summed E-state index contributed by atoms with van der Waals surface area (Å²) in [4.78, 5) is 4.12. The average Bonchev–Trinajstić information content (AvgIpc) is 2.97. The van der Waals surface area contributed by atoms with Crippen LogP contribution in [-0.4, -0.2) is 42.0 Å². The second-order valence-corrected chi connectivity index (χ2v) is 5.75. The van der Waals surface area contributed by atoms with Crippen LogP contribution in [0.3, 0.4) is 0 Å². The van der Waals surface area contributed by atoms with Crippen LogP contribution >= 0.6 is 0 Å². The predicted octanol–water partition coefficient (Wildman–Crippen LogP) is 0.0834. The molecule has 0 spiro atoms. The highest BCUT2D eigenvalue weighted by Gasteiger charge is 2.17. The van der Waals surface area contributed by atoms with Gasteiger partial charge in [0.15, 0.2) is 0 Å². The highest BCUT2D eigenvalue weighted by Crippen LogP contribution is 2.16. The average molecular weight is 296 g/mol. The Morgan fingerprint density at radius 2 is 2.20 bits per heavy atom. The fraction of sp³-hybridized carbons (Fsp3) is 0.364. The van der Waals surface area contributed by atoms with Gasteiger partial charge in [0.1, 0.15) is 10.7 Å². The number of aryl methyl sites for hydroxylation is 1. The number of rotatable bonds is 7.